The molecule has 3 rings (SSSR count). The van der Waals surface area contributed by atoms with E-state index < -0.39 is 0 Å². The molecule has 3 aliphatic heterocycles. The molecule has 0 spiro atoms. The first-order chi connectivity index (χ1) is 6.43. The van der Waals surface area contributed by atoms with E-state index in [-0.39, 0.29) is 0 Å². The lowest BCUT2D eigenvalue weighted by molar-refractivity contribution is 0.135. The molecule has 13 heavy (non-hydrogen) atoms. The summed E-state index contributed by atoms with van der Waals surface area (Å²) in [6, 6.07) is 1.88. The number of piperidine rings is 1. The molecule has 74 valence electrons. The second-order valence-corrected chi connectivity index (χ2v) is 4.80. The molecule has 0 amide bonds. The van der Waals surface area contributed by atoms with Crippen LogP contribution < -0.4 is 0 Å². The lowest BCUT2D eigenvalue weighted by Crippen LogP contribution is -2.40. The van der Waals surface area contributed by atoms with Gasteiger partial charge in [-0.2, -0.15) is 0 Å². The van der Waals surface area contributed by atoms with Crippen molar-refractivity contribution in [1.82, 2.24) is 4.90 Å². The van der Waals surface area contributed by atoms with E-state index in [1.807, 2.05) is 0 Å². The summed E-state index contributed by atoms with van der Waals surface area (Å²) in [5.41, 5.74) is 0. The van der Waals surface area contributed by atoms with Gasteiger partial charge in [-0.05, 0) is 32.1 Å². The maximum atomic E-state index is 5.26. The zero-order valence-electron chi connectivity index (χ0n) is 8.24. The lowest BCUT2D eigenvalue weighted by atomic mass is 10.0. The number of ether oxygens (including phenoxy) is 1. The summed E-state index contributed by atoms with van der Waals surface area (Å²) in [4.78, 5) is 2.77. The van der Waals surface area contributed by atoms with Crippen LogP contribution in [0.5, 0.6) is 0 Å². The molecule has 0 aromatic carbocycles. The third kappa shape index (κ3) is 1.62. The Balaban J connectivity index is 1.56. The minimum absolute atomic E-state index is 0.626. The molecule has 2 bridgehead atoms. The minimum atomic E-state index is 0.626. The minimum Gasteiger partial charge on any atom is -0.373 e. The molecule has 3 saturated heterocycles. The summed E-state index contributed by atoms with van der Waals surface area (Å²) in [6.07, 6.45) is 9.25. The number of epoxide rings is 1. The standard InChI is InChI=1S/C11H19NO/c1-2-9-4-5-10(3-1)12(9)7-6-11-8-13-11/h9-11H,1-8H2/t9-,10+,11?. The fourth-order valence-electron chi connectivity index (χ4n) is 3.12. The van der Waals surface area contributed by atoms with Crippen LogP contribution >= 0.6 is 0 Å². The Hall–Kier alpha value is -0.0800. The molecule has 2 heteroatoms. The Morgan fingerprint density at radius 2 is 1.77 bits per heavy atom. The SMILES string of the molecule is C1C[C@@H]2CC[C@H](C1)N2CCC1CO1. The molecule has 0 saturated carbocycles. The van der Waals surface area contributed by atoms with Gasteiger partial charge >= 0.3 is 0 Å². The predicted molar refractivity (Wildman–Crippen MR) is 51.7 cm³/mol. The highest BCUT2D eigenvalue weighted by atomic mass is 16.6. The number of fused-ring (bicyclic) bond motifs is 2. The van der Waals surface area contributed by atoms with Gasteiger partial charge in [0.25, 0.3) is 0 Å². The van der Waals surface area contributed by atoms with Crippen LogP contribution in [0, 0.1) is 0 Å². The van der Waals surface area contributed by atoms with Gasteiger partial charge in [-0.1, -0.05) is 6.42 Å². The van der Waals surface area contributed by atoms with Crippen molar-refractivity contribution in [1.29, 1.82) is 0 Å². The van der Waals surface area contributed by atoms with Crippen LogP contribution in [0.25, 0.3) is 0 Å². The van der Waals surface area contributed by atoms with Gasteiger partial charge in [0, 0.05) is 18.6 Å². The van der Waals surface area contributed by atoms with Crippen LogP contribution in [0.2, 0.25) is 0 Å². The molecule has 0 aromatic rings. The van der Waals surface area contributed by atoms with E-state index in [0.717, 1.165) is 18.7 Å². The molecule has 0 radical (unpaired) electrons. The molecule has 3 heterocycles. The first-order valence-electron chi connectivity index (χ1n) is 5.81. The van der Waals surface area contributed by atoms with Crippen molar-refractivity contribution in [2.45, 2.75) is 56.7 Å². The van der Waals surface area contributed by atoms with Gasteiger partial charge in [0.2, 0.25) is 0 Å². The molecular weight excluding hydrogens is 162 g/mol. The van der Waals surface area contributed by atoms with Gasteiger partial charge in [0.05, 0.1) is 12.7 Å². The topological polar surface area (TPSA) is 15.8 Å². The van der Waals surface area contributed by atoms with Crippen molar-refractivity contribution >= 4 is 0 Å². The maximum Gasteiger partial charge on any atom is 0.0822 e. The van der Waals surface area contributed by atoms with E-state index >= 15 is 0 Å². The van der Waals surface area contributed by atoms with Crippen molar-refractivity contribution < 1.29 is 4.74 Å². The highest BCUT2D eigenvalue weighted by Gasteiger charge is 2.36. The van der Waals surface area contributed by atoms with Gasteiger partial charge in [-0.25, -0.2) is 0 Å². The van der Waals surface area contributed by atoms with E-state index in [9.17, 15) is 0 Å². The van der Waals surface area contributed by atoms with E-state index in [1.165, 1.54) is 45.1 Å². The van der Waals surface area contributed by atoms with E-state index in [0.29, 0.717) is 6.10 Å². The first kappa shape index (κ1) is 8.25. The monoisotopic (exact) mass is 181 g/mol. The van der Waals surface area contributed by atoms with Gasteiger partial charge in [0.1, 0.15) is 0 Å². The normalized spacial score (nSPS) is 43.8. The maximum absolute atomic E-state index is 5.26. The third-order valence-corrected chi connectivity index (χ3v) is 3.96. The highest BCUT2D eigenvalue weighted by Crippen LogP contribution is 2.35. The summed E-state index contributed by atoms with van der Waals surface area (Å²) in [5, 5.41) is 0. The first-order valence-corrected chi connectivity index (χ1v) is 5.81. The van der Waals surface area contributed by atoms with E-state index in [4.69, 9.17) is 4.74 Å². The second-order valence-electron chi connectivity index (χ2n) is 4.80. The van der Waals surface area contributed by atoms with Gasteiger partial charge in [-0.3, -0.25) is 4.90 Å². The molecule has 0 N–H and O–H groups in total. The smallest absolute Gasteiger partial charge is 0.0822 e. The van der Waals surface area contributed by atoms with Crippen LogP contribution in [0.4, 0.5) is 0 Å². The molecule has 1 unspecified atom stereocenters. The molecule has 0 aromatic heterocycles. The van der Waals surface area contributed by atoms with Crippen molar-refractivity contribution in [3.63, 3.8) is 0 Å². The average molecular weight is 181 g/mol. The van der Waals surface area contributed by atoms with E-state index in [2.05, 4.69) is 4.90 Å². The summed E-state index contributed by atoms with van der Waals surface area (Å²) in [7, 11) is 0. The molecule has 3 atom stereocenters. The molecular formula is C11H19NO. The highest BCUT2D eigenvalue weighted by molar-refractivity contribution is 4.92. The van der Waals surface area contributed by atoms with Crippen molar-refractivity contribution in [3.05, 3.63) is 0 Å². The Labute approximate surface area is 80.2 Å². The Morgan fingerprint density at radius 1 is 1.08 bits per heavy atom. The zero-order chi connectivity index (χ0) is 8.67. The Bertz CT molecular complexity index is 175. The van der Waals surface area contributed by atoms with Crippen LogP contribution in [0.3, 0.4) is 0 Å². The number of hydrogen-bond donors (Lipinski definition) is 0. The van der Waals surface area contributed by atoms with Crippen LogP contribution in [-0.4, -0.2) is 36.2 Å². The molecule has 3 fully saturated rings. The van der Waals surface area contributed by atoms with E-state index in [1.54, 1.807) is 0 Å². The van der Waals surface area contributed by atoms with Gasteiger partial charge in [-0.15, -0.1) is 0 Å². The molecule has 0 aliphatic carbocycles. The zero-order valence-corrected chi connectivity index (χ0v) is 8.24. The van der Waals surface area contributed by atoms with Crippen LogP contribution in [-0.2, 0) is 4.74 Å². The third-order valence-electron chi connectivity index (χ3n) is 3.96. The summed E-state index contributed by atoms with van der Waals surface area (Å²) < 4.78 is 5.26. The number of nitrogens with zero attached hydrogens (tertiary/aromatic N) is 1. The van der Waals surface area contributed by atoms with Gasteiger partial charge < -0.3 is 4.74 Å². The Kier molecular flexibility index (Phi) is 2.06. The average Bonchev–Trinajstić information content (AvgIpc) is 2.93. The van der Waals surface area contributed by atoms with Crippen molar-refractivity contribution in [2.75, 3.05) is 13.2 Å². The second kappa shape index (κ2) is 3.25. The number of rotatable bonds is 3. The quantitative estimate of drug-likeness (QED) is 0.617. The summed E-state index contributed by atoms with van der Waals surface area (Å²) in [5.74, 6) is 0. The fraction of sp³-hybridized carbons (Fsp3) is 1.00. The van der Waals surface area contributed by atoms with Crippen molar-refractivity contribution in [2.24, 2.45) is 0 Å². The van der Waals surface area contributed by atoms with Crippen molar-refractivity contribution in [3.8, 4) is 0 Å². The summed E-state index contributed by atoms with van der Waals surface area (Å²) >= 11 is 0. The van der Waals surface area contributed by atoms with Crippen LogP contribution in [0.1, 0.15) is 38.5 Å². The molecule has 2 nitrogen and oxygen atoms in total. The largest absolute Gasteiger partial charge is 0.373 e. The lowest BCUT2D eigenvalue weighted by Gasteiger charge is -2.34. The molecule has 3 aliphatic rings. The fourth-order valence-corrected chi connectivity index (χ4v) is 3.12. The summed E-state index contributed by atoms with van der Waals surface area (Å²) in [6.45, 7) is 2.34. The number of hydrogen-bond acceptors (Lipinski definition) is 2. The van der Waals surface area contributed by atoms with Crippen LogP contribution in [0.15, 0.2) is 0 Å². The Morgan fingerprint density at radius 3 is 2.38 bits per heavy atom. The van der Waals surface area contributed by atoms with Gasteiger partial charge in [0.15, 0.2) is 0 Å². The predicted octanol–water partition coefficient (Wildman–Crippen LogP) is 1.79.